The fourth-order valence-electron chi connectivity index (χ4n) is 4.45. The fourth-order valence-corrected chi connectivity index (χ4v) is 6.04. The predicted molar refractivity (Wildman–Crippen MR) is 94.1 cm³/mol. The lowest BCUT2D eigenvalue weighted by Gasteiger charge is -2.41. The number of hydrogen-bond acceptors (Lipinski definition) is 4. The van der Waals surface area contributed by atoms with Gasteiger partial charge in [0.25, 0.3) is 0 Å². The van der Waals surface area contributed by atoms with Crippen LogP contribution < -0.4 is 0 Å². The lowest BCUT2D eigenvalue weighted by Crippen LogP contribution is -2.43. The van der Waals surface area contributed by atoms with E-state index in [1.165, 1.54) is 22.5 Å². The number of hydrogen-bond donors (Lipinski definition) is 1. The molecule has 1 saturated heterocycles. The van der Waals surface area contributed by atoms with Crippen LogP contribution in [0.25, 0.3) is 0 Å². The van der Waals surface area contributed by atoms with Gasteiger partial charge in [0.1, 0.15) is 10.7 Å². The molecule has 2 heterocycles. The van der Waals surface area contributed by atoms with E-state index in [1.807, 2.05) is 6.07 Å². The third-order valence-corrected chi connectivity index (χ3v) is 7.63. The monoisotopic (exact) mass is 376 g/mol. The molecule has 3 atom stereocenters. The summed E-state index contributed by atoms with van der Waals surface area (Å²) < 4.78 is 41.3. The van der Waals surface area contributed by atoms with Crippen molar-refractivity contribution < 1.29 is 17.9 Å². The molecule has 1 aliphatic heterocycles. The third kappa shape index (κ3) is 2.74. The molecule has 0 spiro atoms. The Bertz CT molecular complexity index is 906. The molecule has 138 valence electrons. The second-order valence-electron chi connectivity index (χ2n) is 7.18. The smallest absolute Gasteiger partial charge is 0.246 e. The van der Waals surface area contributed by atoms with Crippen LogP contribution in [0.5, 0.6) is 0 Å². The Morgan fingerprint density at radius 3 is 2.73 bits per heavy atom. The molecule has 1 N–H and O–H groups in total. The standard InChI is InChI=1S/C19H21FN2O3S/c20-17-7-1-2-8-18(17)26(24,25)22-12-14-5-3-9-19(23,16(14)13-22)15-6-4-10-21-11-15/h1-2,4,6-8,10-11,14,16,23H,3,5,9,12-13H2. The number of fused-ring (bicyclic) bond motifs is 1. The molecule has 0 radical (unpaired) electrons. The van der Waals surface area contributed by atoms with Gasteiger partial charge < -0.3 is 5.11 Å². The molecular formula is C19H21FN2O3S. The summed E-state index contributed by atoms with van der Waals surface area (Å²) in [7, 11) is -3.93. The first-order chi connectivity index (χ1) is 12.4. The van der Waals surface area contributed by atoms with Crippen LogP contribution in [0.2, 0.25) is 0 Å². The van der Waals surface area contributed by atoms with Crippen molar-refractivity contribution in [1.29, 1.82) is 0 Å². The van der Waals surface area contributed by atoms with Crippen molar-refractivity contribution >= 4 is 10.0 Å². The van der Waals surface area contributed by atoms with E-state index in [4.69, 9.17) is 0 Å². The van der Waals surface area contributed by atoms with E-state index in [-0.39, 0.29) is 23.3 Å². The Morgan fingerprint density at radius 2 is 2.00 bits per heavy atom. The van der Waals surface area contributed by atoms with Crippen molar-refractivity contribution in [1.82, 2.24) is 9.29 Å². The average Bonchev–Trinajstić information content (AvgIpc) is 3.10. The summed E-state index contributed by atoms with van der Waals surface area (Å²) in [6.45, 7) is 0.497. The van der Waals surface area contributed by atoms with Gasteiger partial charge >= 0.3 is 0 Å². The van der Waals surface area contributed by atoms with Crippen LogP contribution in [0.15, 0.2) is 53.7 Å². The molecule has 1 aromatic heterocycles. The number of sulfonamides is 1. The van der Waals surface area contributed by atoms with E-state index >= 15 is 0 Å². The molecule has 2 aliphatic rings. The minimum Gasteiger partial charge on any atom is -0.385 e. The van der Waals surface area contributed by atoms with Crippen molar-refractivity contribution in [2.45, 2.75) is 29.8 Å². The van der Waals surface area contributed by atoms with E-state index in [9.17, 15) is 17.9 Å². The highest BCUT2D eigenvalue weighted by atomic mass is 32.2. The summed E-state index contributed by atoms with van der Waals surface area (Å²) >= 11 is 0. The first kappa shape index (κ1) is 17.6. The van der Waals surface area contributed by atoms with Gasteiger partial charge in [0.15, 0.2) is 0 Å². The highest BCUT2D eigenvalue weighted by molar-refractivity contribution is 7.89. The molecule has 4 rings (SSSR count). The molecular weight excluding hydrogens is 355 g/mol. The maximum atomic E-state index is 14.1. The Morgan fingerprint density at radius 1 is 1.19 bits per heavy atom. The molecule has 0 amide bonds. The van der Waals surface area contributed by atoms with Gasteiger partial charge in [0.05, 0.1) is 5.60 Å². The van der Waals surface area contributed by atoms with Gasteiger partial charge in [-0.05, 0) is 43.4 Å². The zero-order chi connectivity index (χ0) is 18.4. The maximum Gasteiger partial charge on any atom is 0.246 e. The number of aromatic nitrogens is 1. The molecule has 2 aromatic rings. The van der Waals surface area contributed by atoms with Gasteiger partial charge in [-0.25, -0.2) is 12.8 Å². The van der Waals surface area contributed by atoms with Crippen LogP contribution in [-0.2, 0) is 15.6 Å². The van der Waals surface area contributed by atoms with Gasteiger partial charge in [-0.15, -0.1) is 0 Å². The number of halogens is 1. The summed E-state index contributed by atoms with van der Waals surface area (Å²) in [5.41, 5.74) is -0.378. The van der Waals surface area contributed by atoms with Gasteiger partial charge in [-0.2, -0.15) is 4.31 Å². The van der Waals surface area contributed by atoms with Crippen LogP contribution in [-0.4, -0.2) is 35.9 Å². The number of aliphatic hydroxyl groups is 1. The van der Waals surface area contributed by atoms with Crippen molar-refractivity contribution in [3.63, 3.8) is 0 Å². The van der Waals surface area contributed by atoms with Crippen LogP contribution in [0.1, 0.15) is 24.8 Å². The minimum atomic E-state index is -3.93. The second kappa shape index (κ2) is 6.40. The zero-order valence-electron chi connectivity index (χ0n) is 14.3. The lowest BCUT2D eigenvalue weighted by atomic mass is 9.68. The number of benzene rings is 1. The van der Waals surface area contributed by atoms with E-state index < -0.39 is 21.4 Å². The number of nitrogens with zero attached hydrogens (tertiary/aromatic N) is 2. The number of rotatable bonds is 3. The van der Waals surface area contributed by atoms with Gasteiger partial charge in [0.2, 0.25) is 10.0 Å². The van der Waals surface area contributed by atoms with E-state index in [2.05, 4.69) is 4.98 Å². The Labute approximate surface area is 152 Å². The Balaban J connectivity index is 1.67. The van der Waals surface area contributed by atoms with Crippen molar-refractivity contribution in [2.24, 2.45) is 11.8 Å². The summed E-state index contributed by atoms with van der Waals surface area (Å²) in [6.07, 6.45) is 5.55. The fraction of sp³-hybridized carbons (Fsp3) is 0.421. The van der Waals surface area contributed by atoms with Crippen LogP contribution in [0, 0.1) is 17.7 Å². The van der Waals surface area contributed by atoms with E-state index in [0.29, 0.717) is 13.0 Å². The summed E-state index contributed by atoms with van der Waals surface area (Å²) in [6, 6.07) is 9.05. The SMILES string of the molecule is O=S(=O)(c1ccccc1F)N1CC2CCCC(O)(c3cccnc3)C2C1. The molecule has 1 aromatic carbocycles. The average molecular weight is 376 g/mol. The Kier molecular flexibility index (Phi) is 4.33. The Hall–Kier alpha value is -1.83. The summed E-state index contributed by atoms with van der Waals surface area (Å²) in [5.74, 6) is -0.914. The normalized spacial score (nSPS) is 29.5. The minimum absolute atomic E-state index is 0.0514. The molecule has 1 aliphatic carbocycles. The van der Waals surface area contributed by atoms with Gasteiger partial charge in [-0.1, -0.05) is 18.2 Å². The van der Waals surface area contributed by atoms with E-state index in [0.717, 1.165) is 24.5 Å². The molecule has 26 heavy (non-hydrogen) atoms. The summed E-state index contributed by atoms with van der Waals surface area (Å²) in [5, 5.41) is 11.4. The van der Waals surface area contributed by atoms with Gasteiger partial charge in [-0.3, -0.25) is 4.98 Å². The van der Waals surface area contributed by atoms with Crippen molar-refractivity contribution in [3.8, 4) is 0 Å². The van der Waals surface area contributed by atoms with Crippen LogP contribution >= 0.6 is 0 Å². The van der Waals surface area contributed by atoms with Gasteiger partial charge in [0, 0.05) is 37.0 Å². The van der Waals surface area contributed by atoms with Crippen molar-refractivity contribution in [2.75, 3.05) is 13.1 Å². The highest BCUT2D eigenvalue weighted by Gasteiger charge is 2.52. The topological polar surface area (TPSA) is 70.5 Å². The maximum absolute atomic E-state index is 14.1. The first-order valence-corrected chi connectivity index (χ1v) is 10.2. The molecule has 3 unspecified atom stereocenters. The highest BCUT2D eigenvalue weighted by Crippen LogP contribution is 2.49. The lowest BCUT2D eigenvalue weighted by molar-refractivity contribution is -0.0643. The van der Waals surface area contributed by atoms with Crippen molar-refractivity contribution in [3.05, 3.63) is 60.2 Å². The molecule has 2 fully saturated rings. The summed E-state index contributed by atoms with van der Waals surface area (Å²) in [4.78, 5) is 3.80. The molecule has 1 saturated carbocycles. The van der Waals surface area contributed by atoms with Crippen LogP contribution in [0.4, 0.5) is 4.39 Å². The third-order valence-electron chi connectivity index (χ3n) is 5.77. The predicted octanol–water partition coefficient (Wildman–Crippen LogP) is 2.53. The zero-order valence-corrected chi connectivity index (χ0v) is 15.1. The quantitative estimate of drug-likeness (QED) is 0.894. The molecule has 5 nitrogen and oxygen atoms in total. The van der Waals surface area contributed by atoms with E-state index in [1.54, 1.807) is 18.5 Å². The first-order valence-electron chi connectivity index (χ1n) is 8.80. The molecule has 7 heteroatoms. The molecule has 0 bridgehead atoms. The second-order valence-corrected chi connectivity index (χ2v) is 9.08. The largest absolute Gasteiger partial charge is 0.385 e. The van der Waals surface area contributed by atoms with Crippen LogP contribution in [0.3, 0.4) is 0 Å². The number of pyridine rings is 1.